The third-order valence-electron chi connectivity index (χ3n) is 3.91. The van der Waals surface area contributed by atoms with E-state index in [0.29, 0.717) is 4.83 Å². The average Bonchev–Trinajstić information content (AvgIpc) is 2.57. The lowest BCUT2D eigenvalue weighted by Gasteiger charge is -2.18. The molecule has 1 aromatic rings. The van der Waals surface area contributed by atoms with Gasteiger partial charge >= 0.3 is 0 Å². The Balaban J connectivity index is 1.82. The molecule has 1 aliphatic rings. The van der Waals surface area contributed by atoms with E-state index in [2.05, 4.69) is 15.9 Å². The highest BCUT2D eigenvalue weighted by atomic mass is 79.9. The predicted octanol–water partition coefficient (Wildman–Crippen LogP) is 5.49. The van der Waals surface area contributed by atoms with Gasteiger partial charge in [-0.1, -0.05) is 66.6 Å². The fourth-order valence-electron chi connectivity index (χ4n) is 2.96. The first-order valence-corrected chi connectivity index (χ1v) is 8.04. The topological polar surface area (TPSA) is 0 Å². The van der Waals surface area contributed by atoms with Gasteiger partial charge in [0.05, 0.1) is 0 Å². The van der Waals surface area contributed by atoms with Crippen LogP contribution >= 0.6 is 15.9 Å². The van der Waals surface area contributed by atoms with Crippen molar-refractivity contribution in [1.29, 1.82) is 0 Å². The Labute approximate surface area is 118 Å². The molecule has 0 saturated heterocycles. The van der Waals surface area contributed by atoms with Gasteiger partial charge in [0.2, 0.25) is 0 Å². The van der Waals surface area contributed by atoms with Gasteiger partial charge in [0, 0.05) is 4.83 Å². The van der Waals surface area contributed by atoms with E-state index in [1.54, 1.807) is 12.1 Å². The van der Waals surface area contributed by atoms with Crippen LogP contribution in [0.3, 0.4) is 0 Å². The SMILES string of the molecule is Fc1cccc(CC(Br)CC2CCCCCC2)c1. The van der Waals surface area contributed by atoms with E-state index in [4.69, 9.17) is 0 Å². The Morgan fingerprint density at radius 3 is 2.56 bits per heavy atom. The van der Waals surface area contributed by atoms with Crippen molar-refractivity contribution in [3.8, 4) is 0 Å². The molecule has 1 atom stereocenters. The molecular formula is C16H22BrF. The van der Waals surface area contributed by atoms with Gasteiger partial charge in [-0.05, 0) is 36.5 Å². The summed E-state index contributed by atoms with van der Waals surface area (Å²) < 4.78 is 13.1. The maximum Gasteiger partial charge on any atom is 0.123 e. The lowest BCUT2D eigenvalue weighted by atomic mass is 9.93. The van der Waals surface area contributed by atoms with Crippen LogP contribution in [0.4, 0.5) is 4.39 Å². The van der Waals surface area contributed by atoms with Crippen LogP contribution < -0.4 is 0 Å². The van der Waals surface area contributed by atoms with Gasteiger partial charge in [0.25, 0.3) is 0 Å². The van der Waals surface area contributed by atoms with E-state index < -0.39 is 0 Å². The summed E-state index contributed by atoms with van der Waals surface area (Å²) in [4.78, 5) is 0.488. The third kappa shape index (κ3) is 4.72. The van der Waals surface area contributed by atoms with E-state index in [1.807, 2.05) is 6.07 Å². The van der Waals surface area contributed by atoms with Gasteiger partial charge in [-0.3, -0.25) is 0 Å². The molecule has 1 unspecified atom stereocenters. The number of hydrogen-bond donors (Lipinski definition) is 0. The van der Waals surface area contributed by atoms with Crippen molar-refractivity contribution in [1.82, 2.24) is 0 Å². The summed E-state index contributed by atoms with van der Waals surface area (Å²) in [5, 5.41) is 0. The molecule has 100 valence electrons. The summed E-state index contributed by atoms with van der Waals surface area (Å²) in [5.41, 5.74) is 1.10. The van der Waals surface area contributed by atoms with Gasteiger partial charge in [0.15, 0.2) is 0 Å². The van der Waals surface area contributed by atoms with Crippen molar-refractivity contribution in [3.63, 3.8) is 0 Å². The Kier molecular flexibility index (Phi) is 5.68. The molecule has 0 N–H and O–H groups in total. The molecule has 2 heteroatoms. The molecule has 0 radical (unpaired) electrons. The zero-order valence-corrected chi connectivity index (χ0v) is 12.5. The van der Waals surface area contributed by atoms with E-state index in [1.165, 1.54) is 51.0 Å². The Bertz CT molecular complexity index is 356. The number of benzene rings is 1. The maximum atomic E-state index is 13.1. The highest BCUT2D eigenvalue weighted by Gasteiger charge is 2.16. The number of alkyl halides is 1. The second-order valence-corrected chi connectivity index (χ2v) is 6.82. The van der Waals surface area contributed by atoms with Gasteiger partial charge < -0.3 is 0 Å². The fraction of sp³-hybridized carbons (Fsp3) is 0.625. The molecule has 0 aromatic heterocycles. The Morgan fingerprint density at radius 1 is 1.17 bits per heavy atom. The summed E-state index contributed by atoms with van der Waals surface area (Å²) in [6.45, 7) is 0. The lowest BCUT2D eigenvalue weighted by Crippen LogP contribution is -2.10. The number of rotatable bonds is 4. The second-order valence-electron chi connectivity index (χ2n) is 5.52. The summed E-state index contributed by atoms with van der Waals surface area (Å²) in [5.74, 6) is 0.743. The Hall–Kier alpha value is -0.370. The third-order valence-corrected chi connectivity index (χ3v) is 4.61. The second kappa shape index (κ2) is 7.28. The first-order chi connectivity index (χ1) is 8.74. The van der Waals surface area contributed by atoms with E-state index in [0.717, 1.165) is 17.9 Å². The van der Waals surface area contributed by atoms with E-state index in [9.17, 15) is 4.39 Å². The standard InChI is InChI=1S/C16H22BrF/c17-15(10-13-6-3-1-2-4-7-13)11-14-8-5-9-16(18)12-14/h5,8-9,12-13,15H,1-4,6-7,10-11H2. The molecule has 0 heterocycles. The van der Waals surface area contributed by atoms with Gasteiger partial charge in [-0.15, -0.1) is 0 Å². The van der Waals surface area contributed by atoms with E-state index >= 15 is 0 Å². The largest absolute Gasteiger partial charge is 0.207 e. The van der Waals surface area contributed by atoms with Crippen LogP contribution in [0.2, 0.25) is 0 Å². The van der Waals surface area contributed by atoms with Gasteiger partial charge in [-0.25, -0.2) is 4.39 Å². The van der Waals surface area contributed by atoms with E-state index in [-0.39, 0.29) is 5.82 Å². The van der Waals surface area contributed by atoms with Crippen LogP contribution in [0.15, 0.2) is 24.3 Å². The Morgan fingerprint density at radius 2 is 1.89 bits per heavy atom. The van der Waals surface area contributed by atoms with Gasteiger partial charge in [-0.2, -0.15) is 0 Å². The van der Waals surface area contributed by atoms with Gasteiger partial charge in [0.1, 0.15) is 5.82 Å². The fourth-order valence-corrected chi connectivity index (χ4v) is 3.87. The smallest absolute Gasteiger partial charge is 0.123 e. The molecule has 0 nitrogen and oxygen atoms in total. The molecule has 18 heavy (non-hydrogen) atoms. The van der Waals surface area contributed by atoms with Crippen molar-refractivity contribution >= 4 is 15.9 Å². The molecule has 1 aliphatic carbocycles. The summed E-state index contributed by atoms with van der Waals surface area (Å²) in [6.07, 6.45) is 10.5. The van der Waals surface area contributed by atoms with Crippen molar-refractivity contribution in [3.05, 3.63) is 35.6 Å². The zero-order valence-electron chi connectivity index (χ0n) is 10.9. The summed E-state index contributed by atoms with van der Waals surface area (Å²) in [6, 6.07) is 6.99. The van der Waals surface area contributed by atoms with Crippen LogP contribution in [0, 0.1) is 11.7 Å². The molecular weight excluding hydrogens is 291 g/mol. The first kappa shape index (κ1) is 14.0. The molecule has 1 aromatic carbocycles. The van der Waals surface area contributed by atoms with Crippen LogP contribution in [0.1, 0.15) is 50.5 Å². The summed E-state index contributed by atoms with van der Waals surface area (Å²) >= 11 is 3.78. The normalized spacial score (nSPS) is 19.4. The quantitative estimate of drug-likeness (QED) is 0.509. The zero-order chi connectivity index (χ0) is 12.8. The van der Waals surface area contributed by atoms with Crippen molar-refractivity contribution in [2.45, 2.75) is 56.2 Å². The highest BCUT2D eigenvalue weighted by molar-refractivity contribution is 9.09. The van der Waals surface area contributed by atoms with Crippen molar-refractivity contribution in [2.24, 2.45) is 5.92 Å². The van der Waals surface area contributed by atoms with Crippen LogP contribution in [0.5, 0.6) is 0 Å². The average molecular weight is 313 g/mol. The van der Waals surface area contributed by atoms with Crippen molar-refractivity contribution < 1.29 is 4.39 Å². The van der Waals surface area contributed by atoms with Crippen LogP contribution in [-0.2, 0) is 6.42 Å². The molecule has 0 spiro atoms. The minimum Gasteiger partial charge on any atom is -0.207 e. The number of hydrogen-bond acceptors (Lipinski definition) is 0. The highest BCUT2D eigenvalue weighted by Crippen LogP contribution is 2.29. The summed E-state index contributed by atoms with van der Waals surface area (Å²) in [7, 11) is 0. The molecule has 0 aliphatic heterocycles. The molecule has 1 saturated carbocycles. The monoisotopic (exact) mass is 312 g/mol. The lowest BCUT2D eigenvalue weighted by molar-refractivity contribution is 0.423. The minimum atomic E-state index is -0.123. The molecule has 2 rings (SSSR count). The minimum absolute atomic E-state index is 0.123. The van der Waals surface area contributed by atoms with Crippen molar-refractivity contribution in [2.75, 3.05) is 0 Å². The molecule has 0 bridgehead atoms. The molecule has 1 fully saturated rings. The maximum absolute atomic E-state index is 13.1. The first-order valence-electron chi connectivity index (χ1n) is 7.12. The van der Waals surface area contributed by atoms with Crippen LogP contribution in [-0.4, -0.2) is 4.83 Å². The van der Waals surface area contributed by atoms with Crippen LogP contribution in [0.25, 0.3) is 0 Å². The predicted molar refractivity (Wildman–Crippen MR) is 78.6 cm³/mol. The molecule has 0 amide bonds. The number of halogens is 2.